The van der Waals surface area contributed by atoms with Crippen LogP contribution >= 0.6 is 0 Å². The van der Waals surface area contributed by atoms with Crippen molar-refractivity contribution in [2.75, 3.05) is 19.7 Å². The fourth-order valence-corrected chi connectivity index (χ4v) is 1.73. The Bertz CT molecular complexity index is 189. The average Bonchev–Trinajstić information content (AvgIpc) is 2.56. The minimum atomic E-state index is -0.244. The molecule has 2 aliphatic rings. The van der Waals surface area contributed by atoms with Crippen molar-refractivity contribution < 1.29 is 9.53 Å². The summed E-state index contributed by atoms with van der Waals surface area (Å²) in [6, 6.07) is -0.244. The average molecular weight is 170 g/mol. The lowest BCUT2D eigenvalue weighted by Crippen LogP contribution is -2.62. The van der Waals surface area contributed by atoms with Crippen LogP contribution in [0.5, 0.6) is 0 Å². The Morgan fingerprint density at radius 3 is 3.00 bits per heavy atom. The molecule has 0 bridgehead atoms. The Kier molecular flexibility index (Phi) is 2.02. The molecular formula is C8H14N2O2. The second kappa shape index (κ2) is 3.03. The van der Waals surface area contributed by atoms with E-state index in [0.717, 1.165) is 26.0 Å². The third kappa shape index (κ3) is 1.32. The molecule has 2 aliphatic heterocycles. The molecule has 0 radical (unpaired) electrons. The summed E-state index contributed by atoms with van der Waals surface area (Å²) in [5.41, 5.74) is 5.45. The van der Waals surface area contributed by atoms with Gasteiger partial charge in [-0.05, 0) is 12.8 Å². The fourth-order valence-electron chi connectivity index (χ4n) is 1.73. The van der Waals surface area contributed by atoms with Gasteiger partial charge in [0.1, 0.15) is 6.04 Å². The number of hydrogen-bond acceptors (Lipinski definition) is 3. The second-order valence-electron chi connectivity index (χ2n) is 3.48. The van der Waals surface area contributed by atoms with Crippen molar-refractivity contribution in [2.45, 2.75) is 25.0 Å². The number of likely N-dealkylation sites (tertiary alicyclic amines) is 1. The maximum Gasteiger partial charge on any atom is 0.241 e. The molecule has 2 heterocycles. The Morgan fingerprint density at radius 1 is 1.67 bits per heavy atom. The van der Waals surface area contributed by atoms with Crippen molar-refractivity contribution in [1.29, 1.82) is 0 Å². The highest BCUT2D eigenvalue weighted by Gasteiger charge is 2.35. The quantitative estimate of drug-likeness (QED) is 0.559. The van der Waals surface area contributed by atoms with Gasteiger partial charge < -0.3 is 15.4 Å². The van der Waals surface area contributed by atoms with Crippen molar-refractivity contribution in [3.8, 4) is 0 Å². The van der Waals surface area contributed by atoms with Crippen LogP contribution in [-0.4, -0.2) is 42.6 Å². The lowest BCUT2D eigenvalue weighted by molar-refractivity contribution is -0.144. The monoisotopic (exact) mass is 170 g/mol. The van der Waals surface area contributed by atoms with E-state index >= 15 is 0 Å². The number of hydrogen-bond donors (Lipinski definition) is 1. The Labute approximate surface area is 71.7 Å². The van der Waals surface area contributed by atoms with Gasteiger partial charge in [0.2, 0.25) is 5.91 Å². The van der Waals surface area contributed by atoms with Crippen LogP contribution in [0.25, 0.3) is 0 Å². The van der Waals surface area contributed by atoms with E-state index in [1.807, 2.05) is 0 Å². The van der Waals surface area contributed by atoms with Gasteiger partial charge in [-0.2, -0.15) is 0 Å². The lowest BCUT2D eigenvalue weighted by atomic mass is 10.1. The van der Waals surface area contributed by atoms with Crippen LogP contribution < -0.4 is 5.73 Å². The molecule has 0 aromatic rings. The SMILES string of the molecule is NC1CN(CC2CCCO2)C1=O. The molecule has 0 saturated carbocycles. The zero-order valence-corrected chi connectivity index (χ0v) is 7.03. The topological polar surface area (TPSA) is 55.6 Å². The zero-order chi connectivity index (χ0) is 8.55. The van der Waals surface area contributed by atoms with Gasteiger partial charge in [0.05, 0.1) is 6.10 Å². The van der Waals surface area contributed by atoms with Gasteiger partial charge >= 0.3 is 0 Å². The Balaban J connectivity index is 1.77. The van der Waals surface area contributed by atoms with Crippen LogP contribution in [0, 0.1) is 0 Å². The first-order valence-electron chi connectivity index (χ1n) is 4.43. The van der Waals surface area contributed by atoms with Crippen LogP contribution in [-0.2, 0) is 9.53 Å². The molecule has 2 unspecified atom stereocenters. The fraction of sp³-hybridized carbons (Fsp3) is 0.875. The van der Waals surface area contributed by atoms with Gasteiger partial charge in [0, 0.05) is 19.7 Å². The van der Waals surface area contributed by atoms with E-state index in [4.69, 9.17) is 10.5 Å². The molecule has 0 aromatic carbocycles. The summed E-state index contributed by atoms with van der Waals surface area (Å²) in [4.78, 5) is 12.9. The zero-order valence-electron chi connectivity index (χ0n) is 7.03. The van der Waals surface area contributed by atoms with Gasteiger partial charge in [0.15, 0.2) is 0 Å². The van der Waals surface area contributed by atoms with E-state index in [1.165, 1.54) is 0 Å². The maximum atomic E-state index is 11.1. The molecule has 1 amide bonds. The summed E-state index contributed by atoms with van der Waals surface area (Å²) >= 11 is 0. The first-order valence-corrected chi connectivity index (χ1v) is 4.43. The maximum absolute atomic E-state index is 11.1. The highest BCUT2D eigenvalue weighted by Crippen LogP contribution is 2.16. The number of carbonyl (C=O) groups is 1. The van der Waals surface area contributed by atoms with Crippen molar-refractivity contribution in [1.82, 2.24) is 4.90 Å². The lowest BCUT2D eigenvalue weighted by Gasteiger charge is -2.37. The van der Waals surface area contributed by atoms with Crippen LogP contribution in [0.4, 0.5) is 0 Å². The molecule has 2 saturated heterocycles. The molecule has 4 heteroatoms. The van der Waals surface area contributed by atoms with Crippen LogP contribution in [0.3, 0.4) is 0 Å². The number of ether oxygens (including phenoxy) is 1. The molecule has 2 fully saturated rings. The van der Waals surface area contributed by atoms with Crippen LogP contribution in [0.2, 0.25) is 0 Å². The molecule has 68 valence electrons. The van der Waals surface area contributed by atoms with Gasteiger partial charge in [-0.25, -0.2) is 0 Å². The van der Waals surface area contributed by atoms with Gasteiger partial charge in [-0.15, -0.1) is 0 Å². The third-order valence-electron chi connectivity index (χ3n) is 2.49. The number of β-lactam (4-membered cyclic amide) rings is 1. The van der Waals surface area contributed by atoms with Crippen molar-refractivity contribution in [2.24, 2.45) is 5.73 Å². The minimum Gasteiger partial charge on any atom is -0.376 e. The van der Waals surface area contributed by atoms with E-state index in [2.05, 4.69) is 0 Å². The van der Waals surface area contributed by atoms with E-state index in [-0.39, 0.29) is 18.1 Å². The first kappa shape index (κ1) is 8.01. The molecule has 12 heavy (non-hydrogen) atoms. The molecule has 2 rings (SSSR count). The van der Waals surface area contributed by atoms with Gasteiger partial charge in [-0.3, -0.25) is 4.79 Å². The molecule has 2 atom stereocenters. The number of nitrogens with two attached hydrogens (primary N) is 1. The minimum absolute atomic E-state index is 0.0745. The second-order valence-corrected chi connectivity index (χ2v) is 3.48. The number of rotatable bonds is 2. The van der Waals surface area contributed by atoms with Crippen molar-refractivity contribution >= 4 is 5.91 Å². The molecule has 0 spiro atoms. The summed E-state index contributed by atoms with van der Waals surface area (Å²) < 4.78 is 5.41. The van der Waals surface area contributed by atoms with E-state index < -0.39 is 0 Å². The summed E-state index contributed by atoms with van der Waals surface area (Å²) in [6.45, 7) is 2.30. The summed E-state index contributed by atoms with van der Waals surface area (Å²) in [7, 11) is 0. The summed E-state index contributed by atoms with van der Waals surface area (Å²) in [5.74, 6) is 0.0745. The highest BCUT2D eigenvalue weighted by atomic mass is 16.5. The largest absolute Gasteiger partial charge is 0.376 e. The van der Waals surface area contributed by atoms with Crippen LogP contribution in [0.1, 0.15) is 12.8 Å². The smallest absolute Gasteiger partial charge is 0.241 e. The predicted molar refractivity (Wildman–Crippen MR) is 43.5 cm³/mol. The normalized spacial score (nSPS) is 35.4. The summed E-state index contributed by atoms with van der Waals surface area (Å²) in [6.07, 6.45) is 2.47. The molecule has 0 aromatic heterocycles. The van der Waals surface area contributed by atoms with Crippen molar-refractivity contribution in [3.63, 3.8) is 0 Å². The molecule has 2 N–H and O–H groups in total. The van der Waals surface area contributed by atoms with Gasteiger partial charge in [0.25, 0.3) is 0 Å². The Hall–Kier alpha value is -0.610. The molecular weight excluding hydrogens is 156 g/mol. The molecule has 4 nitrogen and oxygen atoms in total. The van der Waals surface area contributed by atoms with E-state index in [9.17, 15) is 4.79 Å². The third-order valence-corrected chi connectivity index (χ3v) is 2.49. The summed E-state index contributed by atoms with van der Waals surface area (Å²) in [5, 5.41) is 0. The number of amides is 1. The van der Waals surface area contributed by atoms with Gasteiger partial charge in [-0.1, -0.05) is 0 Å². The first-order chi connectivity index (χ1) is 5.77. The predicted octanol–water partition coefficient (Wildman–Crippen LogP) is -0.665. The van der Waals surface area contributed by atoms with E-state index in [1.54, 1.807) is 4.90 Å². The Morgan fingerprint density at radius 2 is 2.50 bits per heavy atom. The van der Waals surface area contributed by atoms with E-state index in [0.29, 0.717) is 6.54 Å². The number of carbonyl (C=O) groups excluding carboxylic acids is 1. The highest BCUT2D eigenvalue weighted by molar-refractivity contribution is 5.87. The van der Waals surface area contributed by atoms with Crippen molar-refractivity contribution in [3.05, 3.63) is 0 Å². The number of nitrogens with zero attached hydrogens (tertiary/aromatic N) is 1. The standard InChI is InChI=1S/C8H14N2O2/c9-7-5-10(8(7)11)4-6-2-1-3-12-6/h6-7H,1-5,9H2. The van der Waals surface area contributed by atoms with Crippen LogP contribution in [0.15, 0.2) is 0 Å². The molecule has 0 aliphatic carbocycles.